The second-order valence-corrected chi connectivity index (χ2v) is 3.99. The minimum Gasteiger partial charge on any atom is -0.370 e. The molecule has 0 aliphatic carbocycles. The van der Waals surface area contributed by atoms with Crippen molar-refractivity contribution in [1.29, 1.82) is 0 Å². The minimum absolute atomic E-state index is 0.370. The van der Waals surface area contributed by atoms with Crippen LogP contribution in [0, 0.1) is 0 Å². The largest absolute Gasteiger partial charge is 0.370 e. The summed E-state index contributed by atoms with van der Waals surface area (Å²) in [7, 11) is 1.69. The molecule has 0 fully saturated rings. The van der Waals surface area contributed by atoms with E-state index in [2.05, 4.69) is 36.0 Å². The fourth-order valence-corrected chi connectivity index (χ4v) is 1.16. The van der Waals surface area contributed by atoms with Crippen LogP contribution in [0.15, 0.2) is 0 Å². The third-order valence-electron chi connectivity index (χ3n) is 2.65. The molecule has 1 heterocycles. The van der Waals surface area contributed by atoms with Gasteiger partial charge in [0.25, 0.3) is 0 Å². The van der Waals surface area contributed by atoms with Gasteiger partial charge in [-0.05, 0) is 13.3 Å². The molecule has 80 valence electrons. The summed E-state index contributed by atoms with van der Waals surface area (Å²) in [6, 6.07) is 0. The maximum Gasteiger partial charge on any atom is 0.182 e. The van der Waals surface area contributed by atoms with Gasteiger partial charge in [-0.1, -0.05) is 20.8 Å². The van der Waals surface area contributed by atoms with E-state index in [4.69, 9.17) is 4.74 Å². The number of aromatic amines is 1. The topological polar surface area (TPSA) is 50.8 Å². The number of hydrogen-bond acceptors (Lipinski definition) is 3. The predicted molar refractivity (Wildman–Crippen MR) is 55.1 cm³/mol. The third kappa shape index (κ3) is 1.95. The number of hydrogen-bond donors (Lipinski definition) is 1. The first kappa shape index (κ1) is 11.2. The minimum atomic E-state index is -0.371. The van der Waals surface area contributed by atoms with Crippen LogP contribution in [0.25, 0.3) is 0 Å². The van der Waals surface area contributed by atoms with E-state index in [1.165, 1.54) is 0 Å². The number of aromatic nitrogens is 3. The Morgan fingerprint density at radius 1 is 1.50 bits per heavy atom. The Balaban J connectivity index is 2.95. The summed E-state index contributed by atoms with van der Waals surface area (Å²) < 4.78 is 5.42. The molecule has 1 aromatic rings. The maximum absolute atomic E-state index is 5.42. The Morgan fingerprint density at radius 2 is 2.14 bits per heavy atom. The average Bonchev–Trinajstić information content (AvgIpc) is 2.66. The summed E-state index contributed by atoms with van der Waals surface area (Å²) in [5.41, 5.74) is -0.371. The van der Waals surface area contributed by atoms with Gasteiger partial charge in [-0.3, -0.25) is 5.10 Å². The Bertz CT molecular complexity index is 289. The molecule has 1 N–H and O–H groups in total. The van der Waals surface area contributed by atoms with Crippen LogP contribution in [0.2, 0.25) is 0 Å². The van der Waals surface area contributed by atoms with Crippen LogP contribution in [-0.2, 0) is 10.3 Å². The van der Waals surface area contributed by atoms with Gasteiger partial charge in [0.05, 0.1) is 0 Å². The first-order valence-corrected chi connectivity index (χ1v) is 5.01. The highest BCUT2D eigenvalue weighted by Crippen LogP contribution is 2.25. The summed E-state index contributed by atoms with van der Waals surface area (Å²) in [6.45, 7) is 8.23. The second-order valence-electron chi connectivity index (χ2n) is 3.99. The van der Waals surface area contributed by atoms with Crippen LogP contribution in [0.1, 0.15) is 51.7 Å². The number of nitrogens with one attached hydrogen (secondary N) is 1. The van der Waals surface area contributed by atoms with Crippen molar-refractivity contribution in [3.63, 3.8) is 0 Å². The fourth-order valence-electron chi connectivity index (χ4n) is 1.16. The molecule has 0 aromatic carbocycles. The number of nitrogens with zero attached hydrogens (tertiary/aromatic N) is 2. The van der Waals surface area contributed by atoms with E-state index < -0.39 is 0 Å². The number of H-pyrrole nitrogens is 1. The highest BCUT2D eigenvalue weighted by atomic mass is 16.5. The lowest BCUT2D eigenvalue weighted by atomic mass is 10.0. The molecule has 4 heteroatoms. The molecule has 0 amide bonds. The molecular formula is C10H19N3O. The molecule has 4 nitrogen and oxygen atoms in total. The number of rotatable bonds is 4. The molecule has 0 aliphatic heterocycles. The zero-order chi connectivity index (χ0) is 10.8. The maximum atomic E-state index is 5.42. The zero-order valence-corrected chi connectivity index (χ0v) is 9.59. The zero-order valence-electron chi connectivity index (χ0n) is 9.59. The third-order valence-corrected chi connectivity index (χ3v) is 2.65. The van der Waals surface area contributed by atoms with Crippen LogP contribution in [-0.4, -0.2) is 22.3 Å². The Hall–Kier alpha value is -0.900. The molecular weight excluding hydrogens is 178 g/mol. The summed E-state index contributed by atoms with van der Waals surface area (Å²) in [5.74, 6) is 2.03. The normalized spacial score (nSPS) is 15.9. The van der Waals surface area contributed by atoms with Crippen molar-refractivity contribution >= 4 is 0 Å². The van der Waals surface area contributed by atoms with Crippen LogP contribution in [0.5, 0.6) is 0 Å². The molecule has 0 saturated carbocycles. The summed E-state index contributed by atoms with van der Waals surface area (Å²) in [5, 5.41) is 7.13. The van der Waals surface area contributed by atoms with Gasteiger partial charge in [-0.25, -0.2) is 4.98 Å². The van der Waals surface area contributed by atoms with Crippen molar-refractivity contribution in [3.8, 4) is 0 Å². The SMILES string of the molecule is CCC(C)(OC)c1n[nH]c(C(C)C)n1. The summed E-state index contributed by atoms with van der Waals surface area (Å²) in [6.07, 6.45) is 0.860. The molecule has 1 atom stereocenters. The van der Waals surface area contributed by atoms with E-state index in [0.29, 0.717) is 5.92 Å². The monoisotopic (exact) mass is 197 g/mol. The summed E-state index contributed by atoms with van der Waals surface area (Å²) >= 11 is 0. The average molecular weight is 197 g/mol. The first-order valence-electron chi connectivity index (χ1n) is 5.01. The van der Waals surface area contributed by atoms with Crippen molar-refractivity contribution in [2.45, 2.75) is 45.6 Å². The molecule has 0 radical (unpaired) electrons. The van der Waals surface area contributed by atoms with Crippen LogP contribution in [0.4, 0.5) is 0 Å². The molecule has 0 bridgehead atoms. The molecule has 14 heavy (non-hydrogen) atoms. The van der Waals surface area contributed by atoms with E-state index in [0.717, 1.165) is 18.1 Å². The van der Waals surface area contributed by atoms with E-state index in [-0.39, 0.29) is 5.60 Å². The van der Waals surface area contributed by atoms with E-state index in [9.17, 15) is 0 Å². The Labute approximate surface area is 85.1 Å². The van der Waals surface area contributed by atoms with Gasteiger partial charge in [0, 0.05) is 13.0 Å². The lowest BCUT2D eigenvalue weighted by molar-refractivity contribution is -0.00873. The van der Waals surface area contributed by atoms with Crippen LogP contribution < -0.4 is 0 Å². The molecule has 0 saturated heterocycles. The number of methoxy groups -OCH3 is 1. The molecule has 0 spiro atoms. The van der Waals surface area contributed by atoms with Crippen molar-refractivity contribution in [2.75, 3.05) is 7.11 Å². The van der Waals surface area contributed by atoms with Gasteiger partial charge in [-0.15, -0.1) is 0 Å². The van der Waals surface area contributed by atoms with E-state index >= 15 is 0 Å². The van der Waals surface area contributed by atoms with Crippen LogP contribution >= 0.6 is 0 Å². The predicted octanol–water partition coefficient (Wildman–Crippen LogP) is 2.20. The molecule has 1 aromatic heterocycles. The van der Waals surface area contributed by atoms with Crippen molar-refractivity contribution in [2.24, 2.45) is 0 Å². The van der Waals surface area contributed by atoms with Crippen molar-refractivity contribution < 1.29 is 4.74 Å². The lowest BCUT2D eigenvalue weighted by Gasteiger charge is -2.22. The quantitative estimate of drug-likeness (QED) is 0.805. The van der Waals surface area contributed by atoms with E-state index in [1.54, 1.807) is 7.11 Å². The smallest absolute Gasteiger partial charge is 0.182 e. The van der Waals surface area contributed by atoms with Gasteiger partial charge in [-0.2, -0.15) is 5.10 Å². The Morgan fingerprint density at radius 3 is 2.50 bits per heavy atom. The van der Waals surface area contributed by atoms with Gasteiger partial charge < -0.3 is 4.74 Å². The fraction of sp³-hybridized carbons (Fsp3) is 0.800. The van der Waals surface area contributed by atoms with Gasteiger partial charge in [0.1, 0.15) is 11.4 Å². The van der Waals surface area contributed by atoms with Crippen LogP contribution in [0.3, 0.4) is 0 Å². The highest BCUT2D eigenvalue weighted by Gasteiger charge is 2.28. The second kappa shape index (κ2) is 4.09. The van der Waals surface area contributed by atoms with Crippen molar-refractivity contribution in [3.05, 3.63) is 11.6 Å². The molecule has 1 unspecified atom stereocenters. The standard InChI is InChI=1S/C10H19N3O/c1-6-10(4,14-5)9-11-8(7(2)3)12-13-9/h7H,6H2,1-5H3,(H,11,12,13). The number of ether oxygens (including phenoxy) is 1. The van der Waals surface area contributed by atoms with E-state index in [1.807, 2.05) is 6.92 Å². The lowest BCUT2D eigenvalue weighted by Crippen LogP contribution is -2.24. The Kier molecular flexibility index (Phi) is 3.26. The highest BCUT2D eigenvalue weighted by molar-refractivity contribution is 5.03. The molecule has 1 rings (SSSR count). The van der Waals surface area contributed by atoms with Gasteiger partial charge >= 0.3 is 0 Å². The van der Waals surface area contributed by atoms with Gasteiger partial charge in [0.2, 0.25) is 0 Å². The first-order chi connectivity index (χ1) is 6.53. The van der Waals surface area contributed by atoms with Crippen molar-refractivity contribution in [1.82, 2.24) is 15.2 Å². The molecule has 0 aliphatic rings. The van der Waals surface area contributed by atoms with Gasteiger partial charge in [0.15, 0.2) is 5.82 Å². The summed E-state index contributed by atoms with van der Waals surface area (Å²) in [4.78, 5) is 4.43.